The van der Waals surface area contributed by atoms with Crippen molar-refractivity contribution in [3.05, 3.63) is 12.4 Å². The number of carbonyl (C=O) groups excluding carboxylic acids is 1. The molecule has 0 radical (unpaired) electrons. The third-order valence-corrected chi connectivity index (χ3v) is 5.24. The van der Waals surface area contributed by atoms with E-state index in [0.29, 0.717) is 29.7 Å². The number of amides is 1. The molecule has 0 bridgehead atoms. The number of tetrazole rings is 1. The Balaban J connectivity index is 1.47. The first-order valence-electron chi connectivity index (χ1n) is 8.88. The second-order valence-electron chi connectivity index (χ2n) is 6.81. The van der Waals surface area contributed by atoms with E-state index < -0.39 is 0 Å². The Hall–Kier alpha value is -2.25. The van der Waals surface area contributed by atoms with E-state index in [1.165, 1.54) is 12.8 Å². The van der Waals surface area contributed by atoms with Crippen LogP contribution in [0.4, 0.5) is 5.82 Å². The van der Waals surface area contributed by atoms with Gasteiger partial charge in [-0.25, -0.2) is 4.98 Å². The molecule has 2 aromatic heterocycles. The van der Waals surface area contributed by atoms with Crippen LogP contribution in [0, 0.1) is 5.92 Å². The van der Waals surface area contributed by atoms with Gasteiger partial charge in [-0.3, -0.25) is 4.79 Å². The molecule has 0 unspecified atom stereocenters. The number of likely N-dealkylation sites (tertiary alicyclic amines) is 1. The highest BCUT2D eigenvalue weighted by Crippen LogP contribution is 2.30. The Morgan fingerprint density at radius 2 is 2.04 bits per heavy atom. The number of fused-ring (bicyclic) bond motifs is 1. The van der Waals surface area contributed by atoms with E-state index in [1.54, 1.807) is 16.9 Å². The van der Waals surface area contributed by atoms with Crippen LogP contribution in [0.3, 0.4) is 0 Å². The predicted octanol–water partition coefficient (Wildman–Crippen LogP) is 1.50. The highest BCUT2D eigenvalue weighted by Gasteiger charge is 2.30. The zero-order chi connectivity index (χ0) is 16.4. The molecule has 0 spiro atoms. The van der Waals surface area contributed by atoms with E-state index in [-0.39, 0.29) is 6.04 Å². The van der Waals surface area contributed by atoms with Gasteiger partial charge in [0.2, 0.25) is 11.6 Å². The molecule has 1 N–H and O–H groups in total. The average molecular weight is 329 g/mol. The Labute approximate surface area is 140 Å². The summed E-state index contributed by atoms with van der Waals surface area (Å²) in [5, 5.41) is 15.1. The van der Waals surface area contributed by atoms with Crippen LogP contribution in [0.5, 0.6) is 0 Å². The van der Waals surface area contributed by atoms with Crippen LogP contribution >= 0.6 is 0 Å². The molecule has 1 saturated carbocycles. The van der Waals surface area contributed by atoms with Crippen molar-refractivity contribution in [1.29, 1.82) is 0 Å². The zero-order valence-corrected chi connectivity index (χ0v) is 13.8. The monoisotopic (exact) mass is 329 g/mol. The number of carbonyl (C=O) groups is 1. The van der Waals surface area contributed by atoms with E-state index in [1.807, 2.05) is 4.90 Å². The quantitative estimate of drug-likeness (QED) is 0.914. The molecule has 1 aliphatic carbocycles. The van der Waals surface area contributed by atoms with Crippen molar-refractivity contribution < 1.29 is 4.79 Å². The maximum absolute atomic E-state index is 12.5. The lowest BCUT2D eigenvalue weighted by atomic mass is 9.82. The number of hydrogen-bond acceptors (Lipinski definition) is 6. The predicted molar refractivity (Wildman–Crippen MR) is 88.4 cm³/mol. The minimum absolute atomic E-state index is 0.251. The second kappa shape index (κ2) is 6.70. The van der Waals surface area contributed by atoms with Gasteiger partial charge in [0.15, 0.2) is 5.82 Å². The number of hydrogen-bond donors (Lipinski definition) is 1. The van der Waals surface area contributed by atoms with Crippen molar-refractivity contribution in [3.63, 3.8) is 0 Å². The molecular formula is C16H23N7O. The van der Waals surface area contributed by atoms with Crippen molar-refractivity contribution in [3.8, 4) is 0 Å². The van der Waals surface area contributed by atoms with Gasteiger partial charge in [0.05, 0.1) is 6.20 Å². The molecule has 1 amide bonds. The van der Waals surface area contributed by atoms with Gasteiger partial charge in [-0.15, -0.1) is 5.10 Å². The fourth-order valence-corrected chi connectivity index (χ4v) is 3.92. The summed E-state index contributed by atoms with van der Waals surface area (Å²) in [6.45, 7) is 1.85. The normalized spacial score (nSPS) is 24.4. The maximum Gasteiger partial charge on any atom is 0.222 e. The molecule has 2 atom stereocenters. The molecule has 24 heavy (non-hydrogen) atoms. The van der Waals surface area contributed by atoms with Crippen molar-refractivity contribution in [2.75, 3.05) is 18.4 Å². The lowest BCUT2D eigenvalue weighted by Crippen LogP contribution is -2.37. The topological polar surface area (TPSA) is 88.3 Å². The average Bonchev–Trinajstić information content (AvgIpc) is 3.28. The van der Waals surface area contributed by atoms with Crippen LogP contribution in [-0.2, 0) is 4.79 Å². The molecule has 2 aliphatic rings. The van der Waals surface area contributed by atoms with Crippen molar-refractivity contribution in [2.45, 2.75) is 51.0 Å². The number of nitrogens with one attached hydrogen (secondary N) is 1. The molecule has 2 aromatic rings. The highest BCUT2D eigenvalue weighted by molar-refractivity contribution is 5.77. The molecule has 1 aliphatic heterocycles. The first-order valence-corrected chi connectivity index (χ1v) is 8.88. The van der Waals surface area contributed by atoms with Crippen LogP contribution < -0.4 is 5.32 Å². The molecule has 4 rings (SSSR count). The minimum atomic E-state index is 0.251. The molecular weight excluding hydrogens is 306 g/mol. The van der Waals surface area contributed by atoms with Crippen molar-refractivity contribution in [2.24, 2.45) is 5.92 Å². The Morgan fingerprint density at radius 3 is 2.92 bits per heavy atom. The van der Waals surface area contributed by atoms with Gasteiger partial charge < -0.3 is 10.2 Å². The largest absolute Gasteiger partial charge is 0.364 e. The highest BCUT2D eigenvalue weighted by atomic mass is 16.2. The van der Waals surface area contributed by atoms with E-state index in [2.05, 4.69) is 25.8 Å². The third-order valence-electron chi connectivity index (χ3n) is 5.24. The van der Waals surface area contributed by atoms with Gasteiger partial charge in [0, 0.05) is 31.7 Å². The number of anilines is 1. The zero-order valence-electron chi connectivity index (χ0n) is 13.8. The summed E-state index contributed by atoms with van der Waals surface area (Å²) in [7, 11) is 0. The Morgan fingerprint density at radius 1 is 1.21 bits per heavy atom. The van der Waals surface area contributed by atoms with E-state index >= 15 is 0 Å². The van der Waals surface area contributed by atoms with Crippen LogP contribution in [0.2, 0.25) is 0 Å². The number of aromatic nitrogens is 5. The molecule has 8 nitrogen and oxygen atoms in total. The van der Waals surface area contributed by atoms with Crippen molar-refractivity contribution >= 4 is 17.4 Å². The van der Waals surface area contributed by atoms with E-state index in [0.717, 1.165) is 38.8 Å². The fourth-order valence-electron chi connectivity index (χ4n) is 3.92. The van der Waals surface area contributed by atoms with Crippen LogP contribution in [-0.4, -0.2) is 55.0 Å². The Bertz CT molecular complexity index is 709. The van der Waals surface area contributed by atoms with Crippen LogP contribution in [0.25, 0.3) is 5.65 Å². The van der Waals surface area contributed by atoms with Gasteiger partial charge >= 0.3 is 0 Å². The summed E-state index contributed by atoms with van der Waals surface area (Å²) < 4.78 is 1.61. The smallest absolute Gasteiger partial charge is 0.222 e. The van der Waals surface area contributed by atoms with Gasteiger partial charge in [-0.2, -0.15) is 4.52 Å². The number of nitrogens with zero attached hydrogens (tertiary/aromatic N) is 6. The van der Waals surface area contributed by atoms with Crippen LogP contribution in [0.1, 0.15) is 44.9 Å². The lowest BCUT2D eigenvalue weighted by Gasteiger charge is -2.33. The van der Waals surface area contributed by atoms with Crippen molar-refractivity contribution in [1.82, 2.24) is 29.9 Å². The molecule has 3 heterocycles. The summed E-state index contributed by atoms with van der Waals surface area (Å²) >= 11 is 0. The first-order chi connectivity index (χ1) is 11.8. The lowest BCUT2D eigenvalue weighted by molar-refractivity contribution is -0.131. The van der Waals surface area contributed by atoms with Crippen LogP contribution in [0.15, 0.2) is 12.4 Å². The summed E-state index contributed by atoms with van der Waals surface area (Å²) in [6.07, 6.45) is 10.9. The molecule has 2 fully saturated rings. The Kier molecular flexibility index (Phi) is 4.27. The second-order valence-corrected chi connectivity index (χ2v) is 6.81. The minimum Gasteiger partial charge on any atom is -0.364 e. The summed E-state index contributed by atoms with van der Waals surface area (Å²) in [5.74, 6) is 1.36. The number of rotatable bonds is 4. The SMILES string of the molecule is O=C(C[C@@H]1CCCC[C@@H]1Nc1nccn2nnnc12)N1CCCC1. The molecule has 1 saturated heterocycles. The molecule has 0 aromatic carbocycles. The van der Waals surface area contributed by atoms with E-state index in [4.69, 9.17) is 0 Å². The molecule has 8 heteroatoms. The molecule has 128 valence electrons. The standard InChI is InChI=1S/C16H23N7O/c24-14(22-8-3-4-9-22)11-12-5-1-2-6-13(12)18-15-16-19-20-21-23(16)10-7-17-15/h7,10,12-13H,1-6,8-9,11H2,(H,17,18)/t12-,13-/m0/s1. The van der Waals surface area contributed by atoms with Gasteiger partial charge in [0.25, 0.3) is 0 Å². The van der Waals surface area contributed by atoms with Gasteiger partial charge in [0.1, 0.15) is 0 Å². The third kappa shape index (κ3) is 3.05. The summed E-state index contributed by atoms with van der Waals surface area (Å²) in [6, 6.07) is 0.251. The van der Waals surface area contributed by atoms with Gasteiger partial charge in [-0.1, -0.05) is 12.8 Å². The fraction of sp³-hybridized carbons (Fsp3) is 0.688. The maximum atomic E-state index is 12.5. The van der Waals surface area contributed by atoms with E-state index in [9.17, 15) is 4.79 Å². The summed E-state index contributed by atoms with van der Waals surface area (Å²) in [5.41, 5.74) is 0.632. The summed E-state index contributed by atoms with van der Waals surface area (Å²) in [4.78, 5) is 18.9. The first kappa shape index (κ1) is 15.3. The van der Waals surface area contributed by atoms with Gasteiger partial charge in [-0.05, 0) is 42.0 Å².